The van der Waals surface area contributed by atoms with Gasteiger partial charge in [0.1, 0.15) is 11.2 Å². The number of halogens is 3. The molecular weight excluding hydrogens is 379 g/mol. The van der Waals surface area contributed by atoms with Gasteiger partial charge >= 0.3 is 12.2 Å². The van der Waals surface area contributed by atoms with Gasteiger partial charge in [0.15, 0.2) is 5.69 Å². The number of alkyl halides is 3. The number of carbonyl (C=O) groups excluding carboxylic acids is 3. The number of rotatable bonds is 3. The summed E-state index contributed by atoms with van der Waals surface area (Å²) in [6, 6.07) is 0.113. The molecule has 1 unspecified atom stereocenters. The molecule has 2 N–H and O–H groups in total. The summed E-state index contributed by atoms with van der Waals surface area (Å²) in [5.41, 5.74) is -2.15. The van der Waals surface area contributed by atoms with Crippen LogP contribution in [0.15, 0.2) is 6.07 Å². The fraction of sp³-hybridized carbons (Fsp3) is 0.647. The van der Waals surface area contributed by atoms with Crippen LogP contribution in [0.25, 0.3) is 0 Å². The summed E-state index contributed by atoms with van der Waals surface area (Å²) in [5, 5.41) is 8.47. The predicted octanol–water partition coefficient (Wildman–Crippen LogP) is 1.69. The maximum atomic E-state index is 13.0. The van der Waals surface area contributed by atoms with Gasteiger partial charge in [-0.15, -0.1) is 0 Å². The van der Waals surface area contributed by atoms with Crippen LogP contribution >= 0.6 is 0 Å². The highest BCUT2D eigenvalue weighted by Gasteiger charge is 2.49. The third-order valence-electron chi connectivity index (χ3n) is 5.81. The number of hydrogen-bond acceptors (Lipinski definition) is 4. The number of hydrogen-bond donors (Lipinski definition) is 2. The van der Waals surface area contributed by atoms with Crippen LogP contribution in [0, 0.1) is 5.92 Å². The second kappa shape index (κ2) is 6.21. The summed E-state index contributed by atoms with van der Waals surface area (Å²) in [4.78, 5) is 37.9. The molecular formula is C17H20F3N5O3. The molecule has 1 saturated carbocycles. The van der Waals surface area contributed by atoms with Crippen LogP contribution in [-0.4, -0.2) is 51.2 Å². The second-order valence-electron chi connectivity index (χ2n) is 7.77. The van der Waals surface area contributed by atoms with Gasteiger partial charge in [-0.1, -0.05) is 0 Å². The Kier molecular flexibility index (Phi) is 4.16. The van der Waals surface area contributed by atoms with Gasteiger partial charge in [0, 0.05) is 19.2 Å². The average molecular weight is 399 g/mol. The zero-order valence-electron chi connectivity index (χ0n) is 15.2. The number of likely N-dealkylation sites (tertiary alicyclic amines) is 1. The predicted molar refractivity (Wildman–Crippen MR) is 89.2 cm³/mol. The van der Waals surface area contributed by atoms with Crippen molar-refractivity contribution in [3.8, 4) is 0 Å². The number of amides is 4. The van der Waals surface area contributed by atoms with Gasteiger partial charge in [0.05, 0.1) is 6.04 Å². The lowest BCUT2D eigenvalue weighted by atomic mass is 9.79. The number of nitrogens with zero attached hydrogens (tertiary/aromatic N) is 3. The summed E-state index contributed by atoms with van der Waals surface area (Å²) in [5.74, 6) is -1.05. The van der Waals surface area contributed by atoms with Gasteiger partial charge in [-0.3, -0.25) is 19.6 Å². The van der Waals surface area contributed by atoms with Crippen molar-refractivity contribution in [3.63, 3.8) is 0 Å². The van der Waals surface area contributed by atoms with Crippen LogP contribution in [0.4, 0.5) is 18.0 Å². The molecule has 3 aliphatic rings. The molecule has 152 valence electrons. The van der Waals surface area contributed by atoms with E-state index in [-0.39, 0.29) is 17.7 Å². The van der Waals surface area contributed by atoms with E-state index in [9.17, 15) is 27.6 Å². The quantitative estimate of drug-likeness (QED) is 0.756. The first-order chi connectivity index (χ1) is 13.1. The van der Waals surface area contributed by atoms with E-state index in [1.54, 1.807) is 6.92 Å². The molecule has 4 rings (SSSR count). The third kappa shape index (κ3) is 3.12. The Labute approximate surface area is 158 Å². The molecule has 1 aromatic heterocycles. The van der Waals surface area contributed by atoms with Gasteiger partial charge in [-0.05, 0) is 38.5 Å². The summed E-state index contributed by atoms with van der Waals surface area (Å²) in [7, 11) is 0. The fourth-order valence-corrected chi connectivity index (χ4v) is 3.96. The standard InChI is InChI=1S/C17H20F3N5O3/c1-16(14(27)21-15(28)22-16)9-4-6-24(7-5-9)13(26)11-8-12(17(18,19)20)23-25(11)10-2-3-10/h8-10H,2-7H2,1H3,(H2,21,22,27,28). The van der Waals surface area contributed by atoms with Crippen molar-refractivity contribution >= 4 is 17.8 Å². The summed E-state index contributed by atoms with van der Waals surface area (Å²) in [6.07, 6.45) is -2.28. The van der Waals surface area contributed by atoms with Gasteiger partial charge in [0.2, 0.25) is 0 Å². The number of imide groups is 1. The first-order valence-corrected chi connectivity index (χ1v) is 9.19. The van der Waals surface area contributed by atoms with Crippen LogP contribution in [0.1, 0.15) is 54.8 Å². The van der Waals surface area contributed by atoms with E-state index >= 15 is 0 Å². The highest BCUT2D eigenvalue weighted by atomic mass is 19.4. The first-order valence-electron chi connectivity index (χ1n) is 9.19. The number of piperidine rings is 1. The third-order valence-corrected chi connectivity index (χ3v) is 5.81. The second-order valence-corrected chi connectivity index (χ2v) is 7.77. The summed E-state index contributed by atoms with van der Waals surface area (Å²) < 4.78 is 40.3. The van der Waals surface area contributed by atoms with E-state index in [0.717, 1.165) is 6.07 Å². The van der Waals surface area contributed by atoms with Crippen molar-refractivity contribution in [2.45, 2.75) is 50.4 Å². The Morgan fingerprint density at radius 2 is 1.86 bits per heavy atom. The van der Waals surface area contributed by atoms with Crippen molar-refractivity contribution < 1.29 is 27.6 Å². The zero-order valence-corrected chi connectivity index (χ0v) is 15.2. The zero-order chi connectivity index (χ0) is 20.3. The lowest BCUT2D eigenvalue weighted by Gasteiger charge is -2.38. The van der Waals surface area contributed by atoms with E-state index in [1.165, 1.54) is 9.58 Å². The van der Waals surface area contributed by atoms with Gasteiger partial charge in [-0.25, -0.2) is 4.79 Å². The van der Waals surface area contributed by atoms with Crippen molar-refractivity contribution in [3.05, 3.63) is 17.5 Å². The SMILES string of the molecule is CC1(C2CCN(C(=O)c3cc(C(F)(F)F)nn3C3CC3)CC2)NC(=O)NC1=O. The number of aromatic nitrogens is 2. The van der Waals surface area contributed by atoms with E-state index in [2.05, 4.69) is 15.7 Å². The molecule has 0 radical (unpaired) electrons. The molecule has 0 aromatic carbocycles. The molecule has 1 atom stereocenters. The molecule has 28 heavy (non-hydrogen) atoms. The normalized spacial score (nSPS) is 26.4. The topological polar surface area (TPSA) is 96.3 Å². The van der Waals surface area contributed by atoms with Crippen molar-refractivity contribution in [1.29, 1.82) is 0 Å². The van der Waals surface area contributed by atoms with E-state index in [4.69, 9.17) is 0 Å². The van der Waals surface area contributed by atoms with Gasteiger partial charge in [-0.2, -0.15) is 18.3 Å². The Bertz CT molecular complexity index is 840. The highest BCUT2D eigenvalue weighted by molar-refractivity contribution is 6.07. The van der Waals surface area contributed by atoms with Crippen LogP contribution in [-0.2, 0) is 11.0 Å². The minimum atomic E-state index is -4.61. The van der Waals surface area contributed by atoms with E-state index in [0.29, 0.717) is 38.8 Å². The molecule has 3 heterocycles. The van der Waals surface area contributed by atoms with Crippen molar-refractivity contribution in [1.82, 2.24) is 25.3 Å². The maximum absolute atomic E-state index is 13.0. The molecule has 1 aromatic rings. The lowest BCUT2D eigenvalue weighted by Crippen LogP contribution is -2.54. The van der Waals surface area contributed by atoms with Gasteiger partial charge < -0.3 is 10.2 Å². The van der Waals surface area contributed by atoms with Crippen LogP contribution in [0.2, 0.25) is 0 Å². The molecule has 11 heteroatoms. The van der Waals surface area contributed by atoms with Crippen molar-refractivity contribution in [2.24, 2.45) is 5.92 Å². The summed E-state index contributed by atoms with van der Waals surface area (Å²) >= 11 is 0. The molecule has 8 nitrogen and oxygen atoms in total. The Balaban J connectivity index is 1.48. The molecule has 2 saturated heterocycles. The Morgan fingerprint density at radius 1 is 1.21 bits per heavy atom. The Morgan fingerprint density at radius 3 is 2.36 bits per heavy atom. The molecule has 0 bridgehead atoms. The lowest BCUT2D eigenvalue weighted by molar-refractivity contribution is -0.141. The van der Waals surface area contributed by atoms with Gasteiger partial charge in [0.25, 0.3) is 11.8 Å². The number of carbonyl (C=O) groups is 3. The minimum absolute atomic E-state index is 0.0496. The van der Waals surface area contributed by atoms with E-state index in [1.807, 2.05) is 0 Å². The maximum Gasteiger partial charge on any atom is 0.435 e. The monoisotopic (exact) mass is 399 g/mol. The van der Waals surface area contributed by atoms with Crippen molar-refractivity contribution in [2.75, 3.05) is 13.1 Å². The molecule has 1 aliphatic carbocycles. The molecule has 2 aliphatic heterocycles. The smallest absolute Gasteiger partial charge is 0.337 e. The summed E-state index contributed by atoms with van der Waals surface area (Å²) in [6.45, 7) is 2.23. The molecule has 3 fully saturated rings. The molecule has 0 spiro atoms. The van der Waals surface area contributed by atoms with Crippen LogP contribution < -0.4 is 10.6 Å². The highest BCUT2D eigenvalue weighted by Crippen LogP contribution is 2.38. The molecule has 4 amide bonds. The first kappa shape index (κ1) is 18.8. The average Bonchev–Trinajstić information content (AvgIpc) is 3.30. The van der Waals surface area contributed by atoms with Crippen LogP contribution in [0.5, 0.6) is 0 Å². The number of urea groups is 1. The fourth-order valence-electron chi connectivity index (χ4n) is 3.96. The van der Waals surface area contributed by atoms with E-state index < -0.39 is 35.3 Å². The van der Waals surface area contributed by atoms with Crippen LogP contribution in [0.3, 0.4) is 0 Å². The number of nitrogens with one attached hydrogen (secondary N) is 2. The minimum Gasteiger partial charge on any atom is -0.337 e. The largest absolute Gasteiger partial charge is 0.435 e. The Hall–Kier alpha value is -2.59.